The zero-order valence-corrected chi connectivity index (χ0v) is 19.4. The maximum Gasteiger partial charge on any atom is 0.387 e. The van der Waals surface area contributed by atoms with Gasteiger partial charge >= 0.3 is 6.61 Å². The van der Waals surface area contributed by atoms with Gasteiger partial charge in [0.15, 0.2) is 5.96 Å². The van der Waals surface area contributed by atoms with Crippen LogP contribution in [0.4, 0.5) is 14.5 Å². The van der Waals surface area contributed by atoms with Gasteiger partial charge in [-0.3, -0.25) is 9.89 Å². The van der Waals surface area contributed by atoms with E-state index in [1.807, 2.05) is 12.1 Å². The smallest absolute Gasteiger partial charge is 0.387 e. The monoisotopic (exact) mass is 523 g/mol. The van der Waals surface area contributed by atoms with Crippen LogP contribution in [0.3, 0.4) is 0 Å². The number of alkyl halides is 2. The van der Waals surface area contributed by atoms with E-state index >= 15 is 0 Å². The van der Waals surface area contributed by atoms with Crippen molar-refractivity contribution in [3.05, 3.63) is 24.3 Å². The van der Waals surface area contributed by atoms with Crippen molar-refractivity contribution in [2.75, 3.05) is 44.7 Å². The fourth-order valence-corrected chi connectivity index (χ4v) is 3.76. The standard InChI is InChI=1S/C20H31F2N5O.HI/c1-3-26(16-8-9-16)13-11-24-20(23-2)25-15-10-12-27(14-15)17-6-4-5-7-18(17)28-19(21)22;/h4-7,15-16,19H,3,8-14H2,1-2H3,(H2,23,24,25);1H. The van der Waals surface area contributed by atoms with Crippen LogP contribution < -0.4 is 20.3 Å². The third kappa shape index (κ3) is 7.13. The molecule has 1 aliphatic heterocycles. The Kier molecular flexibility index (Phi) is 9.67. The van der Waals surface area contributed by atoms with Crippen molar-refractivity contribution in [1.29, 1.82) is 0 Å². The second-order valence-corrected chi connectivity index (χ2v) is 7.28. The topological polar surface area (TPSA) is 52.1 Å². The molecule has 1 saturated heterocycles. The molecule has 9 heteroatoms. The lowest BCUT2D eigenvalue weighted by molar-refractivity contribution is -0.0495. The number of rotatable bonds is 9. The summed E-state index contributed by atoms with van der Waals surface area (Å²) in [7, 11) is 1.77. The minimum Gasteiger partial charge on any atom is -0.433 e. The minimum atomic E-state index is -2.82. The highest BCUT2D eigenvalue weighted by atomic mass is 127. The first kappa shape index (κ1) is 23.9. The van der Waals surface area contributed by atoms with Gasteiger partial charge < -0.3 is 20.3 Å². The Balaban J connectivity index is 0.00000300. The Morgan fingerprint density at radius 2 is 2.07 bits per heavy atom. The molecule has 1 aromatic carbocycles. The SMILES string of the molecule is CCN(CCNC(=NC)NC1CCN(c2ccccc2OC(F)F)C1)C1CC1.I. The Bertz CT molecular complexity index is 660. The molecule has 1 saturated carbocycles. The van der Waals surface area contributed by atoms with Gasteiger partial charge in [0.25, 0.3) is 0 Å². The number of likely N-dealkylation sites (N-methyl/N-ethyl adjacent to an activating group) is 1. The quantitative estimate of drug-likeness (QED) is 0.296. The van der Waals surface area contributed by atoms with Crippen LogP contribution in [0.5, 0.6) is 5.75 Å². The van der Waals surface area contributed by atoms with Gasteiger partial charge in [0, 0.05) is 45.3 Å². The molecule has 2 aliphatic rings. The second kappa shape index (κ2) is 11.7. The lowest BCUT2D eigenvalue weighted by Crippen LogP contribution is -2.46. The van der Waals surface area contributed by atoms with E-state index in [2.05, 4.69) is 37.1 Å². The van der Waals surface area contributed by atoms with Crippen molar-refractivity contribution >= 4 is 35.6 Å². The average molecular weight is 523 g/mol. The summed E-state index contributed by atoms with van der Waals surface area (Å²) in [6.07, 6.45) is 3.54. The number of guanidine groups is 1. The van der Waals surface area contributed by atoms with Crippen LogP contribution in [0.2, 0.25) is 0 Å². The predicted molar refractivity (Wildman–Crippen MR) is 124 cm³/mol. The molecule has 1 aliphatic carbocycles. The molecule has 1 atom stereocenters. The maximum absolute atomic E-state index is 12.7. The zero-order valence-electron chi connectivity index (χ0n) is 17.1. The third-order valence-corrected chi connectivity index (χ3v) is 5.34. The Hall–Kier alpha value is -1.36. The van der Waals surface area contributed by atoms with E-state index in [1.54, 1.807) is 19.2 Å². The van der Waals surface area contributed by atoms with Crippen molar-refractivity contribution in [2.45, 2.75) is 44.9 Å². The van der Waals surface area contributed by atoms with Crippen LogP contribution in [0.25, 0.3) is 0 Å². The molecule has 1 heterocycles. The summed E-state index contributed by atoms with van der Waals surface area (Å²) in [5, 5.41) is 6.84. The summed E-state index contributed by atoms with van der Waals surface area (Å²) in [6, 6.07) is 7.93. The minimum absolute atomic E-state index is 0. The first-order chi connectivity index (χ1) is 13.6. The fourth-order valence-electron chi connectivity index (χ4n) is 3.76. The summed E-state index contributed by atoms with van der Waals surface area (Å²) in [4.78, 5) is 8.90. The van der Waals surface area contributed by atoms with Gasteiger partial charge in [0.2, 0.25) is 0 Å². The van der Waals surface area contributed by atoms with Crippen molar-refractivity contribution in [1.82, 2.24) is 15.5 Å². The summed E-state index contributed by atoms with van der Waals surface area (Å²) >= 11 is 0. The summed E-state index contributed by atoms with van der Waals surface area (Å²) < 4.78 is 30.0. The molecule has 0 spiro atoms. The average Bonchev–Trinajstić information content (AvgIpc) is 3.42. The molecule has 6 nitrogen and oxygen atoms in total. The molecule has 0 bridgehead atoms. The first-order valence-corrected chi connectivity index (χ1v) is 10.1. The molecule has 2 fully saturated rings. The highest BCUT2D eigenvalue weighted by molar-refractivity contribution is 14.0. The zero-order chi connectivity index (χ0) is 19.9. The number of benzene rings is 1. The summed E-state index contributed by atoms with van der Waals surface area (Å²) in [5.41, 5.74) is 0.707. The van der Waals surface area contributed by atoms with Crippen molar-refractivity contribution in [3.63, 3.8) is 0 Å². The first-order valence-electron chi connectivity index (χ1n) is 10.1. The molecule has 29 heavy (non-hydrogen) atoms. The molecule has 164 valence electrons. The van der Waals surface area contributed by atoms with E-state index in [1.165, 1.54) is 12.8 Å². The lowest BCUT2D eigenvalue weighted by Gasteiger charge is -2.23. The molecule has 1 aromatic rings. The summed E-state index contributed by atoms with van der Waals surface area (Å²) in [6.45, 7) is 3.82. The van der Waals surface area contributed by atoms with Gasteiger partial charge in [-0.1, -0.05) is 19.1 Å². The van der Waals surface area contributed by atoms with E-state index in [-0.39, 0.29) is 35.8 Å². The van der Waals surface area contributed by atoms with Crippen LogP contribution in [0.1, 0.15) is 26.2 Å². The van der Waals surface area contributed by atoms with Gasteiger partial charge in [0.1, 0.15) is 5.75 Å². The number of hydrogen-bond acceptors (Lipinski definition) is 4. The van der Waals surface area contributed by atoms with Crippen molar-refractivity contribution in [2.24, 2.45) is 4.99 Å². The van der Waals surface area contributed by atoms with Gasteiger partial charge in [-0.2, -0.15) is 8.78 Å². The Morgan fingerprint density at radius 3 is 2.72 bits per heavy atom. The lowest BCUT2D eigenvalue weighted by atomic mass is 10.2. The highest BCUT2D eigenvalue weighted by Crippen LogP contribution is 2.31. The molecule has 0 radical (unpaired) electrons. The molecule has 0 aromatic heterocycles. The van der Waals surface area contributed by atoms with E-state index in [0.717, 1.165) is 44.6 Å². The number of para-hydroxylation sites is 2. The number of hydrogen-bond donors (Lipinski definition) is 2. The van der Waals surface area contributed by atoms with Crippen LogP contribution in [-0.4, -0.2) is 69.3 Å². The van der Waals surface area contributed by atoms with Gasteiger partial charge in [-0.15, -0.1) is 24.0 Å². The highest BCUT2D eigenvalue weighted by Gasteiger charge is 2.28. The van der Waals surface area contributed by atoms with E-state index in [9.17, 15) is 8.78 Å². The van der Waals surface area contributed by atoms with Gasteiger partial charge in [-0.05, 0) is 37.9 Å². The number of ether oxygens (including phenoxy) is 1. The Morgan fingerprint density at radius 1 is 1.31 bits per heavy atom. The van der Waals surface area contributed by atoms with Crippen molar-refractivity contribution in [3.8, 4) is 5.75 Å². The number of nitrogens with one attached hydrogen (secondary N) is 2. The van der Waals surface area contributed by atoms with Crippen LogP contribution in [0, 0.1) is 0 Å². The second-order valence-electron chi connectivity index (χ2n) is 7.28. The maximum atomic E-state index is 12.7. The molecular formula is C20H32F2IN5O. The number of halogens is 3. The van der Waals surface area contributed by atoms with E-state index in [4.69, 9.17) is 0 Å². The van der Waals surface area contributed by atoms with E-state index < -0.39 is 6.61 Å². The molecular weight excluding hydrogens is 491 g/mol. The third-order valence-electron chi connectivity index (χ3n) is 5.34. The number of aliphatic imine (C=N–C) groups is 1. The molecule has 2 N–H and O–H groups in total. The van der Waals surface area contributed by atoms with Crippen molar-refractivity contribution < 1.29 is 13.5 Å². The normalized spacial score (nSPS) is 19.4. The van der Waals surface area contributed by atoms with E-state index in [0.29, 0.717) is 12.2 Å². The molecule has 1 unspecified atom stereocenters. The Labute approximate surface area is 189 Å². The fraction of sp³-hybridized carbons (Fsp3) is 0.650. The molecule has 0 amide bonds. The van der Waals surface area contributed by atoms with Crippen LogP contribution in [0.15, 0.2) is 29.3 Å². The van der Waals surface area contributed by atoms with Crippen LogP contribution >= 0.6 is 24.0 Å². The number of nitrogens with zero attached hydrogens (tertiary/aromatic N) is 3. The predicted octanol–water partition coefficient (Wildman–Crippen LogP) is 3.13. The number of anilines is 1. The van der Waals surface area contributed by atoms with Crippen LogP contribution in [-0.2, 0) is 0 Å². The molecule has 3 rings (SSSR count). The summed E-state index contributed by atoms with van der Waals surface area (Å²) in [5.74, 6) is 1.01. The van der Waals surface area contributed by atoms with Gasteiger partial charge in [0.05, 0.1) is 5.69 Å². The largest absolute Gasteiger partial charge is 0.433 e. The van der Waals surface area contributed by atoms with Gasteiger partial charge in [-0.25, -0.2) is 0 Å².